The van der Waals surface area contributed by atoms with Gasteiger partial charge in [-0.1, -0.05) is 50.2 Å². The van der Waals surface area contributed by atoms with Crippen molar-refractivity contribution in [2.75, 3.05) is 6.61 Å². The number of carbonyl (C=O) groups excluding carboxylic acids is 2. The van der Waals surface area contributed by atoms with E-state index in [1.807, 2.05) is 44.2 Å². The summed E-state index contributed by atoms with van der Waals surface area (Å²) in [5.74, 6) is 0.354. The summed E-state index contributed by atoms with van der Waals surface area (Å²) in [6.07, 6.45) is 0.208. The van der Waals surface area contributed by atoms with Crippen LogP contribution >= 0.6 is 12.2 Å². The van der Waals surface area contributed by atoms with Crippen LogP contribution in [0.2, 0.25) is 0 Å². The molecule has 0 aliphatic rings. The van der Waals surface area contributed by atoms with Crippen LogP contribution in [0, 0.1) is 5.92 Å². The number of nitrogens with one attached hydrogen (secondary N) is 3. The second-order valence-electron chi connectivity index (χ2n) is 6.35. The Kier molecular flexibility index (Phi) is 7.76. The number of benzene rings is 2. The number of thiocarbonyl (C=S) groups is 1. The Balaban J connectivity index is 1.80. The van der Waals surface area contributed by atoms with Gasteiger partial charge in [0.2, 0.25) is 5.91 Å². The molecule has 6 nitrogen and oxygen atoms in total. The maximum atomic E-state index is 12.3. The quantitative estimate of drug-likeness (QED) is 0.526. The fourth-order valence-electron chi connectivity index (χ4n) is 2.15. The van der Waals surface area contributed by atoms with Crippen LogP contribution < -0.4 is 20.9 Å². The van der Waals surface area contributed by atoms with Crippen LogP contribution in [0.25, 0.3) is 0 Å². The Hall–Kier alpha value is -2.93. The molecular weight excluding hydrogens is 362 g/mol. The number of ether oxygens (including phenoxy) is 1. The van der Waals surface area contributed by atoms with Crippen LogP contribution in [0.1, 0.15) is 29.8 Å². The van der Waals surface area contributed by atoms with Gasteiger partial charge in [-0.25, -0.2) is 0 Å². The molecule has 142 valence electrons. The van der Waals surface area contributed by atoms with Crippen molar-refractivity contribution in [3.63, 3.8) is 0 Å². The summed E-state index contributed by atoms with van der Waals surface area (Å²) in [5, 5.41) is 2.53. The number of hydrogen-bond acceptors (Lipinski definition) is 4. The van der Waals surface area contributed by atoms with Crippen molar-refractivity contribution >= 4 is 29.1 Å². The maximum absolute atomic E-state index is 12.3. The van der Waals surface area contributed by atoms with Crippen molar-refractivity contribution in [2.24, 2.45) is 5.92 Å². The molecule has 3 N–H and O–H groups in total. The first kappa shape index (κ1) is 20.4. The highest BCUT2D eigenvalue weighted by atomic mass is 32.1. The highest BCUT2D eigenvalue weighted by Crippen LogP contribution is 2.14. The molecule has 0 saturated heterocycles. The van der Waals surface area contributed by atoms with Crippen molar-refractivity contribution in [1.29, 1.82) is 0 Å². The molecule has 0 aliphatic heterocycles. The number of hydrogen-bond donors (Lipinski definition) is 3. The van der Waals surface area contributed by atoms with E-state index in [2.05, 4.69) is 16.2 Å². The molecule has 0 bridgehead atoms. The standard InChI is InChI=1S/C20H23N3O3S/c1-14(2)13-26-17-10-6-9-16(12-17)19(25)21-20(27)23-22-18(24)11-15-7-4-3-5-8-15/h3-10,12,14H,11,13H2,1-2H3,(H,22,24)(H2,21,23,25,27). The van der Waals surface area contributed by atoms with Crippen molar-refractivity contribution in [2.45, 2.75) is 20.3 Å². The summed E-state index contributed by atoms with van der Waals surface area (Å²) in [6, 6.07) is 16.2. The average Bonchev–Trinajstić information content (AvgIpc) is 2.66. The third kappa shape index (κ3) is 7.45. The Morgan fingerprint density at radius 2 is 1.78 bits per heavy atom. The molecule has 0 unspecified atom stereocenters. The van der Waals surface area contributed by atoms with Crippen molar-refractivity contribution in [3.8, 4) is 5.75 Å². The normalized spacial score (nSPS) is 10.2. The molecule has 0 heterocycles. The average molecular weight is 385 g/mol. The summed E-state index contributed by atoms with van der Waals surface area (Å²) in [6.45, 7) is 4.66. The first-order valence-electron chi connectivity index (χ1n) is 8.61. The molecule has 0 fully saturated rings. The first-order valence-corrected chi connectivity index (χ1v) is 9.02. The molecule has 2 aromatic rings. The molecule has 0 atom stereocenters. The topological polar surface area (TPSA) is 79.5 Å². The van der Waals surface area contributed by atoms with E-state index >= 15 is 0 Å². The van der Waals surface area contributed by atoms with Crippen LogP contribution in [0.4, 0.5) is 0 Å². The van der Waals surface area contributed by atoms with E-state index in [-0.39, 0.29) is 23.3 Å². The van der Waals surface area contributed by atoms with E-state index in [4.69, 9.17) is 17.0 Å². The van der Waals surface area contributed by atoms with Crippen molar-refractivity contribution < 1.29 is 14.3 Å². The van der Waals surface area contributed by atoms with E-state index in [1.54, 1.807) is 24.3 Å². The monoisotopic (exact) mass is 385 g/mol. The fraction of sp³-hybridized carbons (Fsp3) is 0.250. The Bertz CT molecular complexity index is 794. The first-order chi connectivity index (χ1) is 12.9. The van der Waals surface area contributed by atoms with Gasteiger partial charge in [-0.15, -0.1) is 0 Å². The third-order valence-electron chi connectivity index (χ3n) is 3.43. The zero-order valence-corrected chi connectivity index (χ0v) is 16.1. The molecule has 0 spiro atoms. The zero-order chi connectivity index (χ0) is 19.6. The van der Waals surface area contributed by atoms with Gasteiger partial charge in [-0.2, -0.15) is 0 Å². The fourth-order valence-corrected chi connectivity index (χ4v) is 2.29. The van der Waals surface area contributed by atoms with Crippen molar-refractivity contribution in [3.05, 3.63) is 65.7 Å². The molecule has 2 amide bonds. The lowest BCUT2D eigenvalue weighted by atomic mass is 10.1. The molecule has 0 radical (unpaired) electrons. The second kappa shape index (κ2) is 10.3. The number of rotatable bonds is 6. The summed E-state index contributed by atoms with van der Waals surface area (Å²) in [4.78, 5) is 24.2. The maximum Gasteiger partial charge on any atom is 0.257 e. The van der Waals surface area contributed by atoms with Gasteiger partial charge in [-0.05, 0) is 41.9 Å². The van der Waals surface area contributed by atoms with Crippen molar-refractivity contribution in [1.82, 2.24) is 16.2 Å². The summed E-state index contributed by atoms with van der Waals surface area (Å²) in [7, 11) is 0. The van der Waals surface area contributed by atoms with Crippen LogP contribution in [-0.2, 0) is 11.2 Å². The van der Waals surface area contributed by atoms with E-state index in [0.29, 0.717) is 23.8 Å². The number of carbonyl (C=O) groups is 2. The molecule has 0 aliphatic carbocycles. The van der Waals surface area contributed by atoms with Gasteiger partial charge in [-0.3, -0.25) is 25.8 Å². The molecule has 0 aromatic heterocycles. The minimum Gasteiger partial charge on any atom is -0.493 e. The summed E-state index contributed by atoms with van der Waals surface area (Å²) in [5.41, 5.74) is 6.28. The van der Waals surface area contributed by atoms with Gasteiger partial charge in [0.05, 0.1) is 13.0 Å². The molecule has 2 rings (SSSR count). The smallest absolute Gasteiger partial charge is 0.257 e. The Morgan fingerprint density at radius 3 is 2.48 bits per heavy atom. The largest absolute Gasteiger partial charge is 0.493 e. The number of hydrazine groups is 1. The second-order valence-corrected chi connectivity index (χ2v) is 6.76. The Morgan fingerprint density at radius 1 is 1.04 bits per heavy atom. The highest BCUT2D eigenvalue weighted by Gasteiger charge is 2.10. The summed E-state index contributed by atoms with van der Waals surface area (Å²) >= 11 is 5.04. The van der Waals surface area contributed by atoms with E-state index in [1.165, 1.54) is 0 Å². The van der Waals surface area contributed by atoms with Gasteiger partial charge < -0.3 is 4.74 Å². The van der Waals surface area contributed by atoms with Crippen LogP contribution in [0.3, 0.4) is 0 Å². The predicted octanol–water partition coefficient (Wildman–Crippen LogP) is 2.60. The lowest BCUT2D eigenvalue weighted by molar-refractivity contribution is -0.121. The minimum absolute atomic E-state index is 0.00918. The third-order valence-corrected chi connectivity index (χ3v) is 3.63. The van der Waals surface area contributed by atoms with Gasteiger partial charge in [0, 0.05) is 5.56 Å². The molecule has 7 heteroatoms. The molecular formula is C20H23N3O3S. The predicted molar refractivity (Wildman–Crippen MR) is 108 cm³/mol. The van der Waals surface area contributed by atoms with Gasteiger partial charge in [0.15, 0.2) is 5.11 Å². The molecule has 2 aromatic carbocycles. The van der Waals surface area contributed by atoms with E-state index in [9.17, 15) is 9.59 Å². The molecule has 0 saturated carbocycles. The highest BCUT2D eigenvalue weighted by molar-refractivity contribution is 7.80. The van der Waals surface area contributed by atoms with Gasteiger partial charge >= 0.3 is 0 Å². The number of amides is 2. The van der Waals surface area contributed by atoms with Crippen LogP contribution in [-0.4, -0.2) is 23.5 Å². The van der Waals surface area contributed by atoms with Crippen LogP contribution in [0.5, 0.6) is 5.75 Å². The SMILES string of the molecule is CC(C)COc1cccc(C(=O)NC(=S)NNC(=O)Cc2ccccc2)c1. The lowest BCUT2D eigenvalue weighted by Gasteiger charge is -2.12. The zero-order valence-electron chi connectivity index (χ0n) is 15.3. The van der Waals surface area contributed by atoms with Gasteiger partial charge in [0.25, 0.3) is 5.91 Å². The minimum atomic E-state index is -0.389. The molecule has 27 heavy (non-hydrogen) atoms. The summed E-state index contributed by atoms with van der Waals surface area (Å²) < 4.78 is 5.61. The van der Waals surface area contributed by atoms with Crippen LogP contribution in [0.15, 0.2) is 54.6 Å². The van der Waals surface area contributed by atoms with Gasteiger partial charge in [0.1, 0.15) is 5.75 Å². The Labute approximate surface area is 164 Å². The van der Waals surface area contributed by atoms with E-state index < -0.39 is 0 Å². The van der Waals surface area contributed by atoms with E-state index in [0.717, 1.165) is 5.56 Å². The lowest BCUT2D eigenvalue weighted by Crippen LogP contribution is -2.48.